The molecule has 3 aromatic rings. The molecule has 9 nitrogen and oxygen atoms in total. The van der Waals surface area contributed by atoms with Crippen molar-refractivity contribution < 1.29 is 18.8 Å². The van der Waals surface area contributed by atoms with Crippen LogP contribution in [0.4, 0.5) is 10.1 Å². The number of carbonyl (C=O) groups excluding carboxylic acids is 1. The molecular formula is C21H19FN4O5. The summed E-state index contributed by atoms with van der Waals surface area (Å²) >= 11 is 0. The van der Waals surface area contributed by atoms with Crippen molar-refractivity contribution in [1.29, 1.82) is 0 Å². The Morgan fingerprint density at radius 1 is 1.26 bits per heavy atom. The highest BCUT2D eigenvalue weighted by atomic mass is 19.1. The average molecular weight is 426 g/mol. The van der Waals surface area contributed by atoms with Crippen LogP contribution < -0.4 is 10.2 Å². The van der Waals surface area contributed by atoms with Crippen molar-refractivity contribution in [2.75, 3.05) is 14.2 Å². The van der Waals surface area contributed by atoms with Crippen molar-refractivity contribution in [2.45, 2.75) is 13.5 Å². The maximum Gasteiger partial charge on any atom is 0.294 e. The van der Waals surface area contributed by atoms with Gasteiger partial charge in [0.15, 0.2) is 17.3 Å². The van der Waals surface area contributed by atoms with E-state index in [2.05, 4.69) is 5.10 Å². The Morgan fingerprint density at radius 2 is 1.97 bits per heavy atom. The Morgan fingerprint density at radius 3 is 2.61 bits per heavy atom. The zero-order chi connectivity index (χ0) is 22.7. The number of nitrogens with zero attached hydrogens (tertiary/aromatic N) is 4. The number of carbonyl (C=O) groups is 1. The molecule has 0 N–H and O–H groups in total. The molecule has 31 heavy (non-hydrogen) atoms. The third kappa shape index (κ3) is 4.42. The van der Waals surface area contributed by atoms with Crippen LogP contribution in [0.1, 0.15) is 21.7 Å². The number of methoxy groups -OCH3 is 1. The van der Waals surface area contributed by atoms with E-state index >= 15 is 0 Å². The minimum Gasteiger partial charge on any atom is -0.494 e. The lowest BCUT2D eigenvalue weighted by molar-refractivity contribution is -0.384. The van der Waals surface area contributed by atoms with Crippen LogP contribution in [-0.4, -0.2) is 39.7 Å². The predicted molar refractivity (Wildman–Crippen MR) is 110 cm³/mol. The van der Waals surface area contributed by atoms with Gasteiger partial charge in [-0.2, -0.15) is 5.10 Å². The third-order valence-corrected chi connectivity index (χ3v) is 4.60. The van der Waals surface area contributed by atoms with Crippen molar-refractivity contribution in [1.82, 2.24) is 14.7 Å². The molecule has 10 heteroatoms. The standard InChI is InChI=1S/C21H19FN4O5/c1-13-10-18(27)20(23-25(13)16-6-4-5-7-17(16)26(29)30)21(28)24(2)12-14-8-9-19(31-3)15(22)11-14/h4-11H,12H2,1-3H3. The zero-order valence-corrected chi connectivity index (χ0v) is 17.0. The number of aromatic nitrogens is 2. The van der Waals surface area contributed by atoms with Gasteiger partial charge >= 0.3 is 0 Å². The normalized spacial score (nSPS) is 10.6. The topological polar surface area (TPSA) is 108 Å². The molecule has 0 saturated carbocycles. The smallest absolute Gasteiger partial charge is 0.294 e. The second kappa shape index (κ2) is 8.74. The number of halogens is 1. The molecule has 1 aromatic heterocycles. The minimum absolute atomic E-state index is 0.0141. The summed E-state index contributed by atoms with van der Waals surface area (Å²) in [5, 5.41) is 15.5. The highest BCUT2D eigenvalue weighted by Gasteiger charge is 2.22. The van der Waals surface area contributed by atoms with Crippen LogP contribution in [-0.2, 0) is 6.54 Å². The second-order valence-electron chi connectivity index (χ2n) is 6.79. The number of hydrogen-bond acceptors (Lipinski definition) is 6. The largest absolute Gasteiger partial charge is 0.494 e. The first-order valence-corrected chi connectivity index (χ1v) is 9.15. The lowest BCUT2D eigenvalue weighted by Gasteiger charge is -2.18. The fourth-order valence-electron chi connectivity index (χ4n) is 3.07. The first-order chi connectivity index (χ1) is 14.7. The van der Waals surface area contributed by atoms with Crippen LogP contribution in [0.15, 0.2) is 53.3 Å². The monoisotopic (exact) mass is 426 g/mol. The SMILES string of the molecule is COc1ccc(CN(C)C(=O)c2nn(-c3ccccc3[N+](=O)[O-])c(C)cc2=O)cc1F. The van der Waals surface area contributed by atoms with E-state index in [0.717, 1.165) is 0 Å². The molecule has 0 aliphatic carbocycles. The van der Waals surface area contributed by atoms with Gasteiger partial charge in [0.2, 0.25) is 5.43 Å². The maximum absolute atomic E-state index is 13.9. The summed E-state index contributed by atoms with van der Waals surface area (Å²) in [6.45, 7) is 1.57. The van der Waals surface area contributed by atoms with Crippen molar-refractivity contribution in [3.05, 3.63) is 91.6 Å². The van der Waals surface area contributed by atoms with Crippen molar-refractivity contribution >= 4 is 11.6 Å². The number of nitro benzene ring substituents is 1. The van der Waals surface area contributed by atoms with Crippen LogP contribution >= 0.6 is 0 Å². The molecule has 0 aliphatic rings. The van der Waals surface area contributed by atoms with E-state index in [0.29, 0.717) is 11.3 Å². The van der Waals surface area contributed by atoms with E-state index in [1.807, 2.05) is 0 Å². The Balaban J connectivity index is 1.97. The van der Waals surface area contributed by atoms with Crippen LogP contribution in [0.3, 0.4) is 0 Å². The average Bonchev–Trinajstić information content (AvgIpc) is 2.73. The van der Waals surface area contributed by atoms with E-state index in [-0.39, 0.29) is 23.7 Å². The minimum atomic E-state index is -0.700. The lowest BCUT2D eigenvalue weighted by atomic mass is 10.2. The molecule has 0 unspecified atom stereocenters. The Kier molecular flexibility index (Phi) is 6.10. The summed E-state index contributed by atoms with van der Waals surface area (Å²) < 4.78 is 20.0. The first kappa shape index (κ1) is 21.6. The van der Waals surface area contributed by atoms with Gasteiger partial charge in [-0.25, -0.2) is 9.07 Å². The van der Waals surface area contributed by atoms with Gasteiger partial charge in [-0.05, 0) is 30.7 Å². The van der Waals surface area contributed by atoms with Gasteiger partial charge in [0.1, 0.15) is 5.69 Å². The van der Waals surface area contributed by atoms with Gasteiger partial charge in [-0.15, -0.1) is 0 Å². The van der Waals surface area contributed by atoms with Gasteiger partial charge in [0.25, 0.3) is 11.6 Å². The highest BCUT2D eigenvalue weighted by molar-refractivity contribution is 5.91. The maximum atomic E-state index is 13.9. The summed E-state index contributed by atoms with van der Waals surface area (Å²) in [6, 6.07) is 11.3. The molecule has 0 fully saturated rings. The van der Waals surface area contributed by atoms with Gasteiger partial charge < -0.3 is 9.64 Å². The van der Waals surface area contributed by atoms with Gasteiger partial charge in [0, 0.05) is 31.4 Å². The van der Waals surface area contributed by atoms with E-state index < -0.39 is 27.8 Å². The number of aryl methyl sites for hydroxylation is 1. The summed E-state index contributed by atoms with van der Waals surface area (Å²) in [5.41, 5.74) is -0.303. The summed E-state index contributed by atoms with van der Waals surface area (Å²) in [5.74, 6) is -1.20. The number of rotatable bonds is 6. The summed E-state index contributed by atoms with van der Waals surface area (Å²) in [4.78, 5) is 37.3. The van der Waals surface area contributed by atoms with Crippen LogP contribution in [0.2, 0.25) is 0 Å². The number of benzene rings is 2. The first-order valence-electron chi connectivity index (χ1n) is 9.15. The summed E-state index contributed by atoms with van der Waals surface area (Å²) in [7, 11) is 2.79. The quantitative estimate of drug-likeness (QED) is 0.443. The highest BCUT2D eigenvalue weighted by Crippen LogP contribution is 2.22. The van der Waals surface area contributed by atoms with Crippen LogP contribution in [0.25, 0.3) is 5.69 Å². The Bertz CT molecular complexity index is 1220. The number of amides is 1. The fraction of sp³-hybridized carbons (Fsp3) is 0.190. The molecule has 0 saturated heterocycles. The number of ether oxygens (including phenoxy) is 1. The van der Waals surface area contributed by atoms with Gasteiger partial charge in [-0.1, -0.05) is 18.2 Å². The molecule has 0 bridgehead atoms. The molecule has 1 amide bonds. The Hall–Kier alpha value is -4.08. The van der Waals surface area contributed by atoms with E-state index in [9.17, 15) is 24.1 Å². The molecule has 0 aliphatic heterocycles. The van der Waals surface area contributed by atoms with Crippen LogP contribution in [0.5, 0.6) is 5.75 Å². The lowest BCUT2D eigenvalue weighted by Crippen LogP contribution is -2.33. The van der Waals surface area contributed by atoms with Crippen LogP contribution in [0, 0.1) is 22.9 Å². The Labute approximate surface area is 176 Å². The van der Waals surface area contributed by atoms with Crippen molar-refractivity contribution in [3.63, 3.8) is 0 Å². The van der Waals surface area contributed by atoms with Gasteiger partial charge in [0.05, 0.1) is 12.0 Å². The molecule has 2 aromatic carbocycles. The summed E-state index contributed by atoms with van der Waals surface area (Å²) in [6.07, 6.45) is 0. The van der Waals surface area contributed by atoms with Gasteiger partial charge in [-0.3, -0.25) is 19.7 Å². The van der Waals surface area contributed by atoms with E-state index in [1.54, 1.807) is 19.1 Å². The molecule has 0 spiro atoms. The van der Waals surface area contributed by atoms with E-state index in [1.165, 1.54) is 60.1 Å². The molecule has 1 heterocycles. The third-order valence-electron chi connectivity index (χ3n) is 4.60. The number of para-hydroxylation sites is 2. The molecular weight excluding hydrogens is 407 g/mol. The van der Waals surface area contributed by atoms with E-state index in [4.69, 9.17) is 4.74 Å². The molecule has 0 atom stereocenters. The molecule has 3 rings (SSSR count). The molecule has 0 radical (unpaired) electrons. The predicted octanol–water partition coefficient (Wildman–Crippen LogP) is 2.87. The van der Waals surface area contributed by atoms with Crippen molar-refractivity contribution in [2.24, 2.45) is 0 Å². The number of hydrogen-bond donors (Lipinski definition) is 0. The fourth-order valence-corrected chi connectivity index (χ4v) is 3.07. The molecule has 160 valence electrons. The zero-order valence-electron chi connectivity index (χ0n) is 17.0. The second-order valence-corrected chi connectivity index (χ2v) is 6.79. The number of nitro groups is 1. The van der Waals surface area contributed by atoms with Crippen molar-refractivity contribution in [3.8, 4) is 11.4 Å².